The number of rotatable bonds is 1. The molecule has 0 spiro atoms. The van der Waals surface area contributed by atoms with E-state index in [-0.39, 0.29) is 29.8 Å². The molecule has 2 rings (SSSR count). The van der Waals surface area contributed by atoms with Crippen LogP contribution < -0.4 is 0 Å². The van der Waals surface area contributed by atoms with E-state index in [1.54, 1.807) is 14.2 Å². The SMILES string of the molecule is COC1CCC2C(=O)N(C)C(=O)C2C1. The Balaban J connectivity index is 2.16. The third kappa shape index (κ3) is 1.25. The molecule has 1 aliphatic heterocycles. The molecule has 2 aliphatic rings. The third-order valence-corrected chi connectivity index (χ3v) is 3.43. The van der Waals surface area contributed by atoms with Crippen molar-refractivity contribution in [1.29, 1.82) is 0 Å². The fourth-order valence-corrected chi connectivity index (χ4v) is 2.52. The molecule has 0 aromatic rings. The van der Waals surface area contributed by atoms with Gasteiger partial charge in [-0.05, 0) is 19.3 Å². The molecule has 1 saturated carbocycles. The number of likely N-dealkylation sites (tertiary alicyclic amines) is 1. The highest BCUT2D eigenvalue weighted by Crippen LogP contribution is 2.38. The Morgan fingerprint density at radius 3 is 2.50 bits per heavy atom. The smallest absolute Gasteiger partial charge is 0.232 e. The van der Waals surface area contributed by atoms with Gasteiger partial charge in [-0.2, -0.15) is 0 Å². The Morgan fingerprint density at radius 2 is 1.86 bits per heavy atom. The van der Waals surface area contributed by atoms with Gasteiger partial charge in [-0.3, -0.25) is 14.5 Å². The summed E-state index contributed by atoms with van der Waals surface area (Å²) in [6.07, 6.45) is 2.54. The zero-order valence-electron chi connectivity index (χ0n) is 8.53. The average Bonchev–Trinajstić information content (AvgIpc) is 2.44. The molecule has 1 heterocycles. The van der Waals surface area contributed by atoms with Crippen LogP contribution in [0.15, 0.2) is 0 Å². The van der Waals surface area contributed by atoms with E-state index in [0.29, 0.717) is 6.42 Å². The second-order valence-corrected chi connectivity index (χ2v) is 4.12. The highest BCUT2D eigenvalue weighted by molar-refractivity contribution is 6.04. The third-order valence-electron chi connectivity index (χ3n) is 3.43. The van der Waals surface area contributed by atoms with Crippen LogP contribution in [0.2, 0.25) is 0 Å². The zero-order valence-corrected chi connectivity index (χ0v) is 8.53. The van der Waals surface area contributed by atoms with Crippen molar-refractivity contribution in [2.24, 2.45) is 11.8 Å². The van der Waals surface area contributed by atoms with Gasteiger partial charge in [0.2, 0.25) is 11.8 Å². The van der Waals surface area contributed by atoms with Gasteiger partial charge in [-0.15, -0.1) is 0 Å². The van der Waals surface area contributed by atoms with Gasteiger partial charge < -0.3 is 4.74 Å². The van der Waals surface area contributed by atoms with Crippen molar-refractivity contribution < 1.29 is 14.3 Å². The van der Waals surface area contributed by atoms with Gasteiger partial charge >= 0.3 is 0 Å². The molecular formula is C10H15NO3. The molecule has 0 N–H and O–H groups in total. The maximum Gasteiger partial charge on any atom is 0.232 e. The van der Waals surface area contributed by atoms with Crippen LogP contribution in [0.1, 0.15) is 19.3 Å². The average molecular weight is 197 g/mol. The van der Waals surface area contributed by atoms with Crippen LogP contribution in [0.4, 0.5) is 0 Å². The van der Waals surface area contributed by atoms with Gasteiger partial charge in [0.25, 0.3) is 0 Å². The molecule has 14 heavy (non-hydrogen) atoms. The molecule has 78 valence electrons. The van der Waals surface area contributed by atoms with Gasteiger partial charge in [0.1, 0.15) is 0 Å². The zero-order chi connectivity index (χ0) is 10.3. The minimum atomic E-state index is -0.119. The highest BCUT2D eigenvalue weighted by atomic mass is 16.5. The Hall–Kier alpha value is -0.900. The van der Waals surface area contributed by atoms with Crippen molar-refractivity contribution in [1.82, 2.24) is 4.90 Å². The molecule has 0 bridgehead atoms. The summed E-state index contributed by atoms with van der Waals surface area (Å²) < 4.78 is 5.24. The normalized spacial score (nSPS) is 37.6. The summed E-state index contributed by atoms with van der Waals surface area (Å²) in [6, 6.07) is 0. The number of methoxy groups -OCH3 is 1. The number of hydrogen-bond donors (Lipinski definition) is 0. The van der Waals surface area contributed by atoms with Crippen molar-refractivity contribution in [2.75, 3.05) is 14.2 Å². The topological polar surface area (TPSA) is 46.6 Å². The van der Waals surface area contributed by atoms with E-state index in [0.717, 1.165) is 12.8 Å². The van der Waals surface area contributed by atoms with Gasteiger partial charge in [-0.1, -0.05) is 0 Å². The van der Waals surface area contributed by atoms with Crippen LogP contribution in [0.5, 0.6) is 0 Å². The lowest BCUT2D eigenvalue weighted by atomic mass is 9.79. The van der Waals surface area contributed by atoms with Crippen LogP contribution in [0, 0.1) is 11.8 Å². The first-order valence-corrected chi connectivity index (χ1v) is 4.99. The number of nitrogens with zero attached hydrogens (tertiary/aromatic N) is 1. The number of hydrogen-bond acceptors (Lipinski definition) is 3. The van der Waals surface area contributed by atoms with Crippen molar-refractivity contribution >= 4 is 11.8 Å². The summed E-state index contributed by atoms with van der Waals surface area (Å²) in [6.45, 7) is 0. The molecule has 0 aromatic heterocycles. The fourth-order valence-electron chi connectivity index (χ4n) is 2.52. The summed E-state index contributed by atoms with van der Waals surface area (Å²) in [5.41, 5.74) is 0. The Kier molecular flexibility index (Phi) is 2.31. The predicted octanol–water partition coefficient (Wildman–Crippen LogP) is 0.416. The maximum absolute atomic E-state index is 11.7. The first-order valence-electron chi connectivity index (χ1n) is 4.99. The maximum atomic E-state index is 11.7. The summed E-state index contributed by atoms with van der Waals surface area (Å²) in [5, 5.41) is 0. The molecule has 3 atom stereocenters. The molecule has 3 unspecified atom stereocenters. The summed E-state index contributed by atoms with van der Waals surface area (Å²) in [5.74, 6) is -0.221. The molecule has 4 heteroatoms. The number of imide groups is 1. The minimum Gasteiger partial charge on any atom is -0.381 e. The van der Waals surface area contributed by atoms with E-state index >= 15 is 0 Å². The van der Waals surface area contributed by atoms with E-state index in [9.17, 15) is 9.59 Å². The Bertz CT molecular complexity index is 277. The van der Waals surface area contributed by atoms with Crippen molar-refractivity contribution in [3.05, 3.63) is 0 Å². The second kappa shape index (κ2) is 3.35. The lowest BCUT2D eigenvalue weighted by Gasteiger charge is -2.27. The quantitative estimate of drug-likeness (QED) is 0.572. The highest BCUT2D eigenvalue weighted by Gasteiger charge is 2.48. The Labute approximate surface area is 83.2 Å². The number of carbonyl (C=O) groups excluding carboxylic acids is 2. The fraction of sp³-hybridized carbons (Fsp3) is 0.800. The summed E-state index contributed by atoms with van der Waals surface area (Å²) in [7, 11) is 3.24. The summed E-state index contributed by atoms with van der Waals surface area (Å²) >= 11 is 0. The number of ether oxygens (including phenoxy) is 1. The van der Waals surface area contributed by atoms with Gasteiger partial charge in [0.15, 0.2) is 0 Å². The van der Waals surface area contributed by atoms with Crippen molar-refractivity contribution in [3.8, 4) is 0 Å². The molecule has 1 aliphatic carbocycles. The first kappa shape index (κ1) is 9.65. The molecular weight excluding hydrogens is 182 g/mol. The monoisotopic (exact) mass is 197 g/mol. The van der Waals surface area contributed by atoms with Crippen molar-refractivity contribution in [3.63, 3.8) is 0 Å². The molecule has 2 fully saturated rings. The van der Waals surface area contributed by atoms with E-state index in [1.807, 2.05) is 0 Å². The molecule has 4 nitrogen and oxygen atoms in total. The van der Waals surface area contributed by atoms with E-state index in [1.165, 1.54) is 4.90 Å². The van der Waals surface area contributed by atoms with Crippen LogP contribution in [-0.2, 0) is 14.3 Å². The summed E-state index contributed by atoms with van der Waals surface area (Å²) in [4.78, 5) is 24.5. The lowest BCUT2D eigenvalue weighted by molar-refractivity contribution is -0.138. The number of amides is 2. The predicted molar refractivity (Wildman–Crippen MR) is 49.4 cm³/mol. The van der Waals surface area contributed by atoms with Gasteiger partial charge in [-0.25, -0.2) is 0 Å². The van der Waals surface area contributed by atoms with Gasteiger partial charge in [0.05, 0.1) is 17.9 Å². The van der Waals surface area contributed by atoms with Gasteiger partial charge in [0, 0.05) is 14.2 Å². The van der Waals surface area contributed by atoms with Crippen LogP contribution in [-0.4, -0.2) is 37.0 Å². The molecule has 1 saturated heterocycles. The largest absolute Gasteiger partial charge is 0.381 e. The first-order chi connectivity index (χ1) is 6.65. The van der Waals surface area contributed by atoms with E-state index in [4.69, 9.17) is 4.74 Å². The van der Waals surface area contributed by atoms with Crippen LogP contribution in [0.3, 0.4) is 0 Å². The lowest BCUT2D eigenvalue weighted by Crippen LogP contribution is -2.30. The van der Waals surface area contributed by atoms with E-state index < -0.39 is 0 Å². The molecule has 2 amide bonds. The van der Waals surface area contributed by atoms with Crippen LogP contribution in [0.25, 0.3) is 0 Å². The molecule has 0 aromatic carbocycles. The Morgan fingerprint density at radius 1 is 1.21 bits per heavy atom. The van der Waals surface area contributed by atoms with E-state index in [2.05, 4.69) is 0 Å². The number of carbonyl (C=O) groups is 2. The number of fused-ring (bicyclic) bond motifs is 1. The minimum absolute atomic E-state index is 0.00504. The van der Waals surface area contributed by atoms with Crippen LogP contribution >= 0.6 is 0 Å². The second-order valence-electron chi connectivity index (χ2n) is 4.12. The molecule has 0 radical (unpaired) electrons. The standard InChI is InChI=1S/C10H15NO3/c1-11-9(12)7-4-3-6(14-2)5-8(7)10(11)13/h6-8H,3-5H2,1-2H3. The van der Waals surface area contributed by atoms with Crippen molar-refractivity contribution in [2.45, 2.75) is 25.4 Å².